The second-order valence-corrected chi connectivity index (χ2v) is 10.6. The van der Waals surface area contributed by atoms with Crippen LogP contribution in [-0.4, -0.2) is 42.0 Å². The van der Waals surface area contributed by atoms with E-state index in [0.717, 1.165) is 19.0 Å². The molecule has 3 atom stereocenters. The lowest BCUT2D eigenvalue weighted by molar-refractivity contribution is -0.904. The summed E-state index contributed by atoms with van der Waals surface area (Å²) in [6.45, 7) is 2.14. The summed E-state index contributed by atoms with van der Waals surface area (Å²) in [5.74, 6) is -2.01. The van der Waals surface area contributed by atoms with Gasteiger partial charge in [0.1, 0.15) is 19.4 Å². The van der Waals surface area contributed by atoms with E-state index in [9.17, 15) is 23.7 Å². The smallest absolute Gasteiger partial charge is 0.327 e. The predicted molar refractivity (Wildman–Crippen MR) is 130 cm³/mol. The molecule has 1 amide bonds. The maximum Gasteiger partial charge on any atom is 0.472 e. The lowest BCUT2D eigenvalue weighted by Gasteiger charge is -2.24. The van der Waals surface area contributed by atoms with Gasteiger partial charge in [0.15, 0.2) is 0 Å². The molecular formula is C24H47FN2O6P+. The Hall–Kier alpha value is -0.830. The van der Waals surface area contributed by atoms with E-state index in [1.165, 1.54) is 83.5 Å². The van der Waals surface area contributed by atoms with Crippen molar-refractivity contribution in [1.82, 2.24) is 5.32 Å². The van der Waals surface area contributed by atoms with Crippen molar-refractivity contribution in [2.75, 3.05) is 19.8 Å². The number of carbonyl (C=O) groups excluding carboxylic acids is 1. The molecule has 0 bridgehead atoms. The Bertz CT molecular complexity index is 622. The molecule has 200 valence electrons. The van der Waals surface area contributed by atoms with Crippen LogP contribution in [0.25, 0.3) is 0 Å². The van der Waals surface area contributed by atoms with Crippen molar-refractivity contribution in [2.24, 2.45) is 0 Å². The van der Waals surface area contributed by atoms with Crippen LogP contribution in [0.2, 0.25) is 0 Å². The SMILES string of the molecule is CCCCCCCCCCCCCCCCCCOP(=O)(O)OCC[NH+]1C=C(F)C(=O)NC1O. The number of nitrogens with one attached hydrogen (secondary N) is 2. The number of rotatable bonds is 22. The highest BCUT2D eigenvalue weighted by Gasteiger charge is 2.30. The van der Waals surface area contributed by atoms with Gasteiger partial charge in [0.05, 0.1) is 6.61 Å². The number of aliphatic hydroxyl groups is 1. The molecule has 1 aliphatic rings. The quantitative estimate of drug-likeness (QED) is 0.127. The number of carbonyl (C=O) groups is 1. The van der Waals surface area contributed by atoms with Crippen LogP contribution in [-0.2, 0) is 18.4 Å². The minimum Gasteiger partial charge on any atom is -0.327 e. The summed E-state index contributed by atoms with van der Waals surface area (Å²) in [6.07, 6.45) is 19.6. The zero-order valence-corrected chi connectivity index (χ0v) is 21.8. The maximum absolute atomic E-state index is 13.3. The molecule has 0 saturated carbocycles. The van der Waals surface area contributed by atoms with Crippen LogP contribution < -0.4 is 10.2 Å². The van der Waals surface area contributed by atoms with Crippen LogP contribution in [0.15, 0.2) is 12.0 Å². The molecule has 0 aromatic heterocycles. The first-order valence-electron chi connectivity index (χ1n) is 13.2. The highest BCUT2D eigenvalue weighted by Crippen LogP contribution is 2.42. The van der Waals surface area contributed by atoms with E-state index in [0.29, 0.717) is 6.42 Å². The molecule has 0 aliphatic carbocycles. The lowest BCUT2D eigenvalue weighted by atomic mass is 10.0. The van der Waals surface area contributed by atoms with Crippen LogP contribution >= 0.6 is 7.82 Å². The summed E-state index contributed by atoms with van der Waals surface area (Å²) in [5, 5.41) is 11.7. The molecule has 4 N–H and O–H groups in total. The molecule has 0 saturated heterocycles. The van der Waals surface area contributed by atoms with Crippen LogP contribution in [0, 0.1) is 0 Å². The number of hydrogen-bond acceptors (Lipinski definition) is 5. The van der Waals surface area contributed by atoms with E-state index in [4.69, 9.17) is 9.05 Å². The second kappa shape index (κ2) is 19.4. The summed E-state index contributed by atoms with van der Waals surface area (Å²) in [5.41, 5.74) is 0. The lowest BCUT2D eigenvalue weighted by Crippen LogP contribution is -3.15. The normalized spacial score (nSPS) is 20.1. The maximum atomic E-state index is 13.3. The third kappa shape index (κ3) is 16.0. The molecule has 34 heavy (non-hydrogen) atoms. The fourth-order valence-corrected chi connectivity index (χ4v) is 4.70. The summed E-state index contributed by atoms with van der Waals surface area (Å²) >= 11 is 0. The first kappa shape index (κ1) is 31.2. The van der Waals surface area contributed by atoms with Gasteiger partial charge in [-0.2, -0.15) is 4.39 Å². The Balaban J connectivity index is 1.89. The highest BCUT2D eigenvalue weighted by molar-refractivity contribution is 7.47. The number of amides is 1. The molecule has 0 spiro atoms. The average Bonchev–Trinajstić information content (AvgIpc) is 2.79. The van der Waals surface area contributed by atoms with Crippen molar-refractivity contribution in [3.63, 3.8) is 0 Å². The summed E-state index contributed by atoms with van der Waals surface area (Å²) < 4.78 is 35.0. The van der Waals surface area contributed by atoms with Crippen LogP contribution in [0.5, 0.6) is 0 Å². The molecule has 8 nitrogen and oxygen atoms in total. The van der Waals surface area contributed by atoms with Crippen molar-refractivity contribution in [2.45, 2.75) is 116 Å². The number of quaternary nitrogens is 1. The van der Waals surface area contributed by atoms with Crippen molar-refractivity contribution in [3.05, 3.63) is 12.0 Å². The Kier molecular flexibility index (Phi) is 17.8. The first-order chi connectivity index (χ1) is 16.4. The van der Waals surface area contributed by atoms with E-state index in [1.807, 2.05) is 5.32 Å². The topological polar surface area (TPSA) is 110 Å². The van der Waals surface area contributed by atoms with Gasteiger partial charge in [0.25, 0.3) is 12.3 Å². The molecule has 0 fully saturated rings. The number of halogens is 1. The van der Waals surface area contributed by atoms with Crippen LogP contribution in [0.3, 0.4) is 0 Å². The van der Waals surface area contributed by atoms with Gasteiger partial charge in [0, 0.05) is 0 Å². The van der Waals surface area contributed by atoms with Gasteiger partial charge >= 0.3 is 7.82 Å². The van der Waals surface area contributed by atoms with Crippen molar-refractivity contribution in [3.8, 4) is 0 Å². The predicted octanol–water partition coefficient (Wildman–Crippen LogP) is 4.48. The molecule has 10 heteroatoms. The third-order valence-corrected chi connectivity index (χ3v) is 7.06. The van der Waals surface area contributed by atoms with E-state index in [1.54, 1.807) is 0 Å². The molecule has 0 aromatic carbocycles. The van der Waals surface area contributed by atoms with Gasteiger partial charge in [-0.1, -0.05) is 103 Å². The molecule has 0 radical (unpaired) electrons. The van der Waals surface area contributed by atoms with Gasteiger partial charge in [-0.15, -0.1) is 0 Å². The van der Waals surface area contributed by atoms with Crippen molar-refractivity contribution >= 4 is 13.7 Å². The van der Waals surface area contributed by atoms with E-state index < -0.39 is 25.9 Å². The molecule has 1 rings (SSSR count). The van der Waals surface area contributed by atoms with Gasteiger partial charge in [-0.05, 0) is 6.42 Å². The third-order valence-electron chi connectivity index (χ3n) is 6.05. The average molecular weight is 510 g/mol. The number of unbranched alkanes of at least 4 members (excludes halogenated alkanes) is 15. The first-order valence-corrected chi connectivity index (χ1v) is 14.7. The van der Waals surface area contributed by atoms with Crippen molar-refractivity contribution < 1.29 is 37.7 Å². The van der Waals surface area contributed by atoms with E-state index in [2.05, 4.69) is 6.92 Å². The second-order valence-electron chi connectivity index (χ2n) is 9.13. The van der Waals surface area contributed by atoms with E-state index in [-0.39, 0.29) is 24.7 Å². The van der Waals surface area contributed by atoms with Crippen molar-refractivity contribution in [1.29, 1.82) is 0 Å². The molecule has 1 aliphatic heterocycles. The zero-order valence-electron chi connectivity index (χ0n) is 20.9. The molecular weight excluding hydrogens is 462 g/mol. The van der Waals surface area contributed by atoms with Gasteiger partial charge in [-0.3, -0.25) is 24.1 Å². The number of hydrogen-bond donors (Lipinski definition) is 4. The zero-order chi connectivity index (χ0) is 25.1. The highest BCUT2D eigenvalue weighted by atomic mass is 31.2. The Labute approximate surface area is 204 Å². The minimum absolute atomic E-state index is 0.0121. The van der Waals surface area contributed by atoms with Gasteiger partial charge < -0.3 is 10.00 Å². The van der Waals surface area contributed by atoms with Crippen LogP contribution in [0.4, 0.5) is 4.39 Å². The largest absolute Gasteiger partial charge is 0.472 e. The molecule has 1 heterocycles. The standard InChI is InChI=1S/C24H46FN2O6P/c1-2-3-4-5-6-7-8-9-10-11-12-13-14-15-16-17-19-32-34(30,31)33-20-18-27-21-22(25)23(28)26-24(27)29/h21,24,29H,2-20H2,1H3,(H,26,28)(H,30,31)/p+1. The van der Waals surface area contributed by atoms with Gasteiger partial charge in [0.2, 0.25) is 5.83 Å². The summed E-state index contributed by atoms with van der Waals surface area (Å²) in [4.78, 5) is 20.9. The number of phosphoric acid groups is 1. The minimum atomic E-state index is -4.19. The summed E-state index contributed by atoms with van der Waals surface area (Å²) in [7, 11) is -4.19. The Morgan fingerprint density at radius 3 is 1.82 bits per heavy atom. The monoisotopic (exact) mass is 509 g/mol. The Morgan fingerprint density at radius 2 is 1.32 bits per heavy atom. The van der Waals surface area contributed by atoms with E-state index >= 15 is 0 Å². The molecule has 3 unspecified atom stereocenters. The Morgan fingerprint density at radius 1 is 0.882 bits per heavy atom. The van der Waals surface area contributed by atoms with Gasteiger partial charge in [-0.25, -0.2) is 4.57 Å². The summed E-state index contributed by atoms with van der Waals surface area (Å²) in [6, 6.07) is 0. The van der Waals surface area contributed by atoms with Crippen LogP contribution in [0.1, 0.15) is 110 Å². The molecule has 0 aromatic rings. The number of aliphatic hydroxyl groups excluding tert-OH is 1. The number of phosphoric ester groups is 1. The fraction of sp³-hybridized carbons (Fsp3) is 0.875. The fourth-order valence-electron chi connectivity index (χ4n) is 3.95.